The summed E-state index contributed by atoms with van der Waals surface area (Å²) in [5, 5.41) is 7.19. The summed E-state index contributed by atoms with van der Waals surface area (Å²) in [4.78, 5) is 10.8. The number of halogens is 1. The highest BCUT2D eigenvalue weighted by Gasteiger charge is 2.21. The molecule has 0 aliphatic heterocycles. The Morgan fingerprint density at radius 3 is 2.70 bits per heavy atom. The van der Waals surface area contributed by atoms with Crippen molar-refractivity contribution >= 4 is 5.96 Å². The molecule has 0 aliphatic rings. The number of ether oxygens (including phenoxy) is 1. The molecule has 0 saturated carbocycles. The third kappa shape index (κ3) is 6.23. The molecule has 7 nitrogen and oxygen atoms in total. The lowest BCUT2D eigenvalue weighted by Gasteiger charge is -2.22. The average Bonchev–Trinajstić information content (AvgIpc) is 3.09. The van der Waals surface area contributed by atoms with Crippen molar-refractivity contribution in [3.63, 3.8) is 0 Å². The fourth-order valence-electron chi connectivity index (χ4n) is 2.20. The van der Waals surface area contributed by atoms with Crippen LogP contribution in [0.1, 0.15) is 39.4 Å². The van der Waals surface area contributed by atoms with Crippen molar-refractivity contribution in [3.05, 3.63) is 41.8 Å². The fourth-order valence-corrected chi connectivity index (χ4v) is 2.20. The molecule has 0 unspecified atom stereocenters. The van der Waals surface area contributed by atoms with E-state index >= 15 is 0 Å². The Balaban J connectivity index is 1.93. The van der Waals surface area contributed by atoms with Crippen LogP contribution in [0.4, 0.5) is 4.39 Å². The van der Waals surface area contributed by atoms with Crippen molar-refractivity contribution in [3.8, 4) is 5.75 Å². The molecule has 148 valence electrons. The van der Waals surface area contributed by atoms with Crippen LogP contribution in [0, 0.1) is 5.82 Å². The Hall–Kier alpha value is -2.64. The number of para-hydroxylation sites is 1. The third-order valence-corrected chi connectivity index (χ3v) is 3.70. The Morgan fingerprint density at radius 1 is 1.33 bits per heavy atom. The van der Waals surface area contributed by atoms with Crippen molar-refractivity contribution < 1.29 is 13.7 Å². The van der Waals surface area contributed by atoms with Crippen LogP contribution in [0.2, 0.25) is 0 Å². The van der Waals surface area contributed by atoms with Gasteiger partial charge in [0.15, 0.2) is 23.4 Å². The highest BCUT2D eigenvalue weighted by Crippen LogP contribution is 2.19. The SMILES string of the molecule is CCNC(=NCc1noc(C(C)(C)C)n1)N(C)CCOc1ccccc1F. The van der Waals surface area contributed by atoms with E-state index in [-0.39, 0.29) is 17.0 Å². The maximum absolute atomic E-state index is 13.6. The van der Waals surface area contributed by atoms with E-state index in [1.165, 1.54) is 6.07 Å². The van der Waals surface area contributed by atoms with Crippen molar-refractivity contribution in [2.45, 2.75) is 39.7 Å². The van der Waals surface area contributed by atoms with Crippen molar-refractivity contribution in [1.29, 1.82) is 0 Å². The normalized spacial score (nSPS) is 12.1. The van der Waals surface area contributed by atoms with E-state index in [2.05, 4.69) is 20.4 Å². The van der Waals surface area contributed by atoms with Crippen molar-refractivity contribution in [2.24, 2.45) is 4.99 Å². The number of benzene rings is 1. The molecule has 1 heterocycles. The number of hydrogen-bond donors (Lipinski definition) is 1. The predicted octanol–water partition coefficient (Wildman–Crippen LogP) is 2.98. The molecule has 1 aromatic carbocycles. The Labute approximate surface area is 159 Å². The molecule has 1 aromatic heterocycles. The van der Waals surface area contributed by atoms with E-state index in [0.29, 0.717) is 37.4 Å². The maximum atomic E-state index is 13.6. The number of rotatable bonds is 7. The zero-order valence-corrected chi connectivity index (χ0v) is 16.6. The maximum Gasteiger partial charge on any atom is 0.232 e. The van der Waals surface area contributed by atoms with E-state index in [1.807, 2.05) is 39.6 Å². The molecule has 0 saturated heterocycles. The quantitative estimate of drug-likeness (QED) is 0.591. The van der Waals surface area contributed by atoms with Crippen LogP contribution in [0.15, 0.2) is 33.8 Å². The van der Waals surface area contributed by atoms with E-state index in [9.17, 15) is 4.39 Å². The van der Waals surface area contributed by atoms with Gasteiger partial charge in [-0.25, -0.2) is 9.38 Å². The van der Waals surface area contributed by atoms with E-state index < -0.39 is 0 Å². The molecule has 27 heavy (non-hydrogen) atoms. The van der Waals surface area contributed by atoms with Gasteiger partial charge in [-0.2, -0.15) is 4.98 Å². The summed E-state index contributed by atoms with van der Waals surface area (Å²) in [6, 6.07) is 6.36. The highest BCUT2D eigenvalue weighted by atomic mass is 19.1. The van der Waals surface area contributed by atoms with Crippen molar-refractivity contribution in [2.75, 3.05) is 26.7 Å². The first-order chi connectivity index (χ1) is 12.8. The van der Waals surface area contributed by atoms with Gasteiger partial charge in [0.25, 0.3) is 0 Å². The summed E-state index contributed by atoms with van der Waals surface area (Å²) >= 11 is 0. The van der Waals surface area contributed by atoms with Gasteiger partial charge >= 0.3 is 0 Å². The number of guanidine groups is 1. The lowest BCUT2D eigenvalue weighted by atomic mass is 9.97. The smallest absolute Gasteiger partial charge is 0.232 e. The number of nitrogens with one attached hydrogen (secondary N) is 1. The molecule has 0 radical (unpaired) electrons. The monoisotopic (exact) mass is 377 g/mol. The van der Waals surface area contributed by atoms with Gasteiger partial charge in [-0.15, -0.1) is 0 Å². The molecule has 0 spiro atoms. The molecule has 0 atom stereocenters. The van der Waals surface area contributed by atoms with Gasteiger partial charge in [0.2, 0.25) is 5.89 Å². The molecular formula is C19H28FN5O2. The molecule has 2 rings (SSSR count). The molecule has 0 bridgehead atoms. The zero-order chi connectivity index (χ0) is 19.9. The van der Waals surface area contributed by atoms with Crippen LogP contribution in [-0.4, -0.2) is 47.7 Å². The fraction of sp³-hybridized carbons (Fsp3) is 0.526. The van der Waals surface area contributed by atoms with Crippen molar-refractivity contribution in [1.82, 2.24) is 20.4 Å². The standard InChI is InChI=1S/C19H28FN5O2/c1-6-21-18(22-13-16-23-17(27-24-16)19(2,3)4)25(5)11-12-26-15-10-8-7-9-14(15)20/h7-10H,6,11-13H2,1-5H3,(H,21,22). The Morgan fingerprint density at radius 2 is 2.07 bits per heavy atom. The minimum atomic E-state index is -0.368. The number of aromatic nitrogens is 2. The molecule has 2 aromatic rings. The predicted molar refractivity (Wildman–Crippen MR) is 102 cm³/mol. The third-order valence-electron chi connectivity index (χ3n) is 3.70. The summed E-state index contributed by atoms with van der Waals surface area (Å²) in [5.74, 6) is 1.69. The summed E-state index contributed by atoms with van der Waals surface area (Å²) in [6.07, 6.45) is 0. The zero-order valence-electron chi connectivity index (χ0n) is 16.6. The number of nitrogens with zero attached hydrogens (tertiary/aromatic N) is 4. The second kappa shape index (κ2) is 9.34. The first kappa shape index (κ1) is 20.7. The average molecular weight is 377 g/mol. The number of aliphatic imine (C=N–C) groups is 1. The second-order valence-electron chi connectivity index (χ2n) is 7.14. The largest absolute Gasteiger partial charge is 0.489 e. The molecule has 0 amide bonds. The van der Waals surface area contributed by atoms with Crippen LogP contribution in [0.3, 0.4) is 0 Å². The van der Waals surface area contributed by atoms with Gasteiger partial charge in [0, 0.05) is 19.0 Å². The Kier molecular flexibility index (Phi) is 7.15. The summed E-state index contributed by atoms with van der Waals surface area (Å²) in [7, 11) is 1.89. The van der Waals surface area contributed by atoms with Crippen LogP contribution in [0.5, 0.6) is 5.75 Å². The lowest BCUT2D eigenvalue weighted by molar-refractivity contribution is 0.270. The number of likely N-dealkylation sites (N-methyl/N-ethyl adjacent to an activating group) is 1. The molecule has 8 heteroatoms. The van der Waals surface area contributed by atoms with E-state index in [0.717, 1.165) is 6.54 Å². The van der Waals surface area contributed by atoms with Gasteiger partial charge in [-0.3, -0.25) is 0 Å². The minimum absolute atomic E-state index is 0.194. The van der Waals surface area contributed by atoms with Crippen LogP contribution >= 0.6 is 0 Å². The first-order valence-electron chi connectivity index (χ1n) is 9.01. The molecular weight excluding hydrogens is 349 g/mol. The lowest BCUT2D eigenvalue weighted by Crippen LogP contribution is -2.40. The van der Waals surface area contributed by atoms with Gasteiger partial charge in [0.1, 0.15) is 13.2 Å². The second-order valence-corrected chi connectivity index (χ2v) is 7.14. The van der Waals surface area contributed by atoms with Gasteiger partial charge < -0.3 is 19.5 Å². The van der Waals surface area contributed by atoms with Crippen LogP contribution < -0.4 is 10.1 Å². The van der Waals surface area contributed by atoms with Crippen LogP contribution in [0.25, 0.3) is 0 Å². The van der Waals surface area contributed by atoms with Crippen LogP contribution in [-0.2, 0) is 12.0 Å². The van der Waals surface area contributed by atoms with E-state index in [4.69, 9.17) is 9.26 Å². The topological polar surface area (TPSA) is 75.8 Å². The summed E-state index contributed by atoms with van der Waals surface area (Å²) < 4.78 is 24.4. The molecule has 1 N–H and O–H groups in total. The van der Waals surface area contributed by atoms with Gasteiger partial charge in [-0.05, 0) is 19.1 Å². The first-order valence-corrected chi connectivity index (χ1v) is 9.01. The van der Waals surface area contributed by atoms with Gasteiger partial charge in [-0.1, -0.05) is 38.1 Å². The Bertz CT molecular complexity index is 755. The van der Waals surface area contributed by atoms with E-state index in [1.54, 1.807) is 18.2 Å². The number of hydrogen-bond acceptors (Lipinski definition) is 5. The summed E-state index contributed by atoms with van der Waals surface area (Å²) in [5.41, 5.74) is -0.194. The summed E-state index contributed by atoms with van der Waals surface area (Å²) in [6.45, 7) is 9.93. The molecule has 0 aliphatic carbocycles. The highest BCUT2D eigenvalue weighted by molar-refractivity contribution is 5.79. The van der Waals surface area contributed by atoms with Gasteiger partial charge in [0.05, 0.1) is 6.54 Å². The molecule has 0 fully saturated rings. The minimum Gasteiger partial charge on any atom is -0.489 e.